The van der Waals surface area contributed by atoms with Crippen molar-refractivity contribution in [3.8, 4) is 0 Å². The van der Waals surface area contributed by atoms with Gasteiger partial charge in [-0.25, -0.2) is 24.1 Å². The Morgan fingerprint density at radius 2 is 1.96 bits per heavy atom. The third-order valence-electron chi connectivity index (χ3n) is 4.01. The van der Waals surface area contributed by atoms with E-state index in [0.29, 0.717) is 11.2 Å². The average molecular weight is 439 g/mol. The normalized spacial score (nSPS) is 26.9. The van der Waals surface area contributed by atoms with Crippen LogP contribution in [0.5, 0.6) is 0 Å². The van der Waals surface area contributed by atoms with Crippen molar-refractivity contribution in [3.63, 3.8) is 0 Å². The van der Waals surface area contributed by atoms with Crippen molar-refractivity contribution in [1.29, 1.82) is 0 Å². The zero-order valence-electron chi connectivity index (χ0n) is 14.8. The van der Waals surface area contributed by atoms with Crippen molar-refractivity contribution in [2.45, 2.75) is 24.9 Å². The van der Waals surface area contributed by atoms with Crippen LogP contribution in [-0.2, 0) is 32.0 Å². The van der Waals surface area contributed by atoms with Crippen LogP contribution in [-0.4, -0.2) is 62.3 Å². The molecule has 0 aromatic carbocycles. The van der Waals surface area contributed by atoms with E-state index in [9.17, 15) is 18.9 Å². The smallest absolute Gasteiger partial charge is 0.382 e. The lowest BCUT2D eigenvalue weighted by atomic mass is 10.2. The second-order valence-corrected chi connectivity index (χ2v) is 8.76. The van der Waals surface area contributed by atoms with Gasteiger partial charge in [0, 0.05) is 20.6 Å². The van der Waals surface area contributed by atoms with Crippen LogP contribution in [0.2, 0.25) is 0 Å². The summed E-state index contributed by atoms with van der Waals surface area (Å²) in [6.45, 7) is -0.448. The molecule has 16 heteroatoms. The molecule has 2 aromatic rings. The Balaban J connectivity index is 1.84. The summed E-state index contributed by atoms with van der Waals surface area (Å²) in [6, 6.07) is 0. The Bertz CT molecular complexity index is 939. The minimum Gasteiger partial charge on any atom is -0.382 e. The lowest BCUT2D eigenvalue weighted by Gasteiger charge is -2.21. The number of aromatic nitrogens is 4. The number of phosphoric ester groups is 2. The Hall–Kier alpha value is -1.47. The molecule has 0 bridgehead atoms. The molecule has 3 heterocycles. The molecule has 0 saturated carbocycles. The quantitative estimate of drug-likeness (QED) is 0.485. The van der Waals surface area contributed by atoms with Crippen LogP contribution in [0.4, 0.5) is 5.82 Å². The summed E-state index contributed by atoms with van der Waals surface area (Å²) in [5.41, 5.74) is 6.49. The number of imidazole rings is 1. The van der Waals surface area contributed by atoms with Gasteiger partial charge < -0.3 is 20.3 Å². The number of nitrogens with two attached hydrogens (primary N) is 1. The van der Waals surface area contributed by atoms with E-state index < -0.39 is 40.7 Å². The molecule has 2 unspecified atom stereocenters. The monoisotopic (exact) mass is 439 g/mol. The molecule has 0 radical (unpaired) electrons. The van der Waals surface area contributed by atoms with Gasteiger partial charge in [0.05, 0.1) is 12.9 Å². The zero-order chi connectivity index (χ0) is 20.5. The maximum Gasteiger partial charge on any atom is 0.472 e. The van der Waals surface area contributed by atoms with E-state index in [1.807, 2.05) is 0 Å². The van der Waals surface area contributed by atoms with E-state index in [4.69, 9.17) is 19.5 Å². The molecule has 1 aliphatic heterocycles. The number of hydrogen-bond donors (Lipinski definition) is 3. The summed E-state index contributed by atoms with van der Waals surface area (Å²) >= 11 is 0. The van der Waals surface area contributed by atoms with Crippen molar-refractivity contribution in [2.75, 3.05) is 26.6 Å². The number of rotatable bonds is 8. The van der Waals surface area contributed by atoms with Crippen LogP contribution in [0, 0.1) is 0 Å². The van der Waals surface area contributed by atoms with Crippen LogP contribution in [0.15, 0.2) is 12.7 Å². The number of nitrogen functional groups attached to an aromatic ring is 1. The SMILES string of the molecule is COP(=O)(O)OC[C@H]1O[C@@H](n2cnc3c(N)ncnc32)C[C@@H]1OP(=O)(O)OC. The minimum atomic E-state index is -4.36. The van der Waals surface area contributed by atoms with E-state index in [-0.39, 0.29) is 12.2 Å². The van der Waals surface area contributed by atoms with Crippen LogP contribution < -0.4 is 5.73 Å². The molecule has 14 nitrogen and oxygen atoms in total. The fraction of sp³-hybridized carbons (Fsp3) is 0.583. The predicted molar refractivity (Wildman–Crippen MR) is 92.8 cm³/mol. The Morgan fingerprint density at radius 3 is 2.64 bits per heavy atom. The first kappa shape index (κ1) is 21.2. The van der Waals surface area contributed by atoms with Gasteiger partial charge in [-0.1, -0.05) is 0 Å². The minimum absolute atomic E-state index is 0.0695. The van der Waals surface area contributed by atoms with Crippen LogP contribution in [0.1, 0.15) is 12.6 Å². The molecule has 1 aliphatic rings. The number of fused-ring (bicyclic) bond motifs is 1. The van der Waals surface area contributed by atoms with E-state index in [1.165, 1.54) is 17.2 Å². The Labute approximate surface area is 158 Å². The second kappa shape index (κ2) is 8.11. The first-order valence-corrected chi connectivity index (χ1v) is 10.8. The molecule has 4 N–H and O–H groups in total. The largest absolute Gasteiger partial charge is 0.472 e. The average Bonchev–Trinajstić information content (AvgIpc) is 3.24. The summed E-state index contributed by atoms with van der Waals surface area (Å²) in [4.78, 5) is 31.1. The van der Waals surface area contributed by atoms with Crippen molar-refractivity contribution in [2.24, 2.45) is 0 Å². The predicted octanol–water partition coefficient (Wildman–Crippen LogP) is 0.591. The van der Waals surface area contributed by atoms with Gasteiger partial charge in [-0.15, -0.1) is 0 Å². The zero-order valence-corrected chi connectivity index (χ0v) is 16.6. The van der Waals surface area contributed by atoms with Gasteiger partial charge in [-0.3, -0.25) is 22.7 Å². The molecule has 2 aromatic heterocycles. The topological polar surface area (TPSA) is 190 Å². The molecular weight excluding hydrogens is 420 g/mol. The third kappa shape index (κ3) is 4.57. The third-order valence-corrected chi connectivity index (χ3v) is 5.95. The van der Waals surface area contributed by atoms with Crippen LogP contribution >= 0.6 is 15.6 Å². The molecule has 0 amide bonds. The molecule has 3 rings (SSSR count). The van der Waals surface area contributed by atoms with E-state index in [1.54, 1.807) is 0 Å². The molecule has 0 spiro atoms. The van der Waals surface area contributed by atoms with E-state index in [2.05, 4.69) is 24.0 Å². The Morgan fingerprint density at radius 1 is 1.25 bits per heavy atom. The molecule has 5 atom stereocenters. The molecule has 1 fully saturated rings. The Kier molecular flexibility index (Phi) is 6.15. The number of hydrogen-bond acceptors (Lipinski definition) is 11. The maximum atomic E-state index is 11.8. The van der Waals surface area contributed by atoms with Crippen LogP contribution in [0.3, 0.4) is 0 Å². The van der Waals surface area contributed by atoms with Crippen molar-refractivity contribution in [1.82, 2.24) is 19.5 Å². The van der Waals surface area contributed by atoms with E-state index >= 15 is 0 Å². The highest BCUT2D eigenvalue weighted by Gasteiger charge is 2.43. The maximum absolute atomic E-state index is 11.8. The number of anilines is 1. The van der Waals surface area contributed by atoms with Gasteiger partial charge in [-0.05, 0) is 0 Å². The number of nitrogens with zero attached hydrogens (tertiary/aromatic N) is 4. The summed E-state index contributed by atoms with van der Waals surface area (Å²) in [7, 11) is -6.64. The highest BCUT2D eigenvalue weighted by molar-refractivity contribution is 7.47. The lowest BCUT2D eigenvalue weighted by molar-refractivity contribution is -0.0430. The van der Waals surface area contributed by atoms with Crippen molar-refractivity contribution >= 4 is 32.6 Å². The molecule has 28 heavy (non-hydrogen) atoms. The fourth-order valence-corrected chi connectivity index (χ4v) is 3.74. The molecular formula is C12H19N5O9P2. The molecule has 0 aliphatic carbocycles. The van der Waals surface area contributed by atoms with Gasteiger partial charge in [0.15, 0.2) is 11.5 Å². The van der Waals surface area contributed by atoms with Gasteiger partial charge in [-0.2, -0.15) is 0 Å². The van der Waals surface area contributed by atoms with Gasteiger partial charge in [0.2, 0.25) is 0 Å². The first-order chi connectivity index (χ1) is 13.2. The first-order valence-electron chi connectivity index (χ1n) is 7.84. The summed E-state index contributed by atoms with van der Waals surface area (Å²) in [6.07, 6.45) is 0.00612. The second-order valence-electron chi connectivity index (χ2n) is 5.69. The van der Waals surface area contributed by atoms with Gasteiger partial charge in [0.1, 0.15) is 30.3 Å². The number of ether oxygens (including phenoxy) is 1. The van der Waals surface area contributed by atoms with Crippen molar-refractivity contribution < 1.29 is 41.7 Å². The fourth-order valence-electron chi connectivity index (χ4n) is 2.65. The lowest BCUT2D eigenvalue weighted by Crippen LogP contribution is -2.28. The number of phosphoric acid groups is 2. The summed E-state index contributed by atoms with van der Waals surface area (Å²) in [5, 5.41) is 0. The highest BCUT2D eigenvalue weighted by atomic mass is 31.2. The van der Waals surface area contributed by atoms with Crippen molar-refractivity contribution in [3.05, 3.63) is 12.7 Å². The van der Waals surface area contributed by atoms with E-state index in [0.717, 1.165) is 14.2 Å². The summed E-state index contributed by atoms with van der Waals surface area (Å²) < 4.78 is 49.4. The summed E-state index contributed by atoms with van der Waals surface area (Å²) in [5.74, 6) is 0.176. The molecule has 156 valence electrons. The standard InChI is InChI=1S/C12H19N5O9P2/c1-22-27(18,19)24-4-8-7(26-28(20,21)23-2)3-9(25-8)17-6-16-10-11(13)14-5-15-12(10)17/h5-9H,3-4H2,1-2H3,(H,18,19)(H,20,21)(H2,13,14,15)/t7-,8+,9+/m0/s1. The van der Waals surface area contributed by atoms with Crippen LogP contribution in [0.25, 0.3) is 11.2 Å². The van der Waals surface area contributed by atoms with Gasteiger partial charge in [0.25, 0.3) is 0 Å². The molecule has 1 saturated heterocycles. The highest BCUT2D eigenvalue weighted by Crippen LogP contribution is 2.49. The van der Waals surface area contributed by atoms with Gasteiger partial charge >= 0.3 is 15.6 Å².